The molecule has 94 valence electrons. The van der Waals surface area contributed by atoms with Gasteiger partial charge in [-0.2, -0.15) is 0 Å². The second-order valence-electron chi connectivity index (χ2n) is 4.18. The van der Waals surface area contributed by atoms with Crippen molar-refractivity contribution in [3.8, 4) is 5.88 Å². The van der Waals surface area contributed by atoms with Gasteiger partial charge in [0.1, 0.15) is 17.5 Å². The smallest absolute Gasteiger partial charge is 0.224 e. The summed E-state index contributed by atoms with van der Waals surface area (Å²) in [6.45, 7) is 3.07. The molecule has 2 aromatic heterocycles. The lowest BCUT2D eigenvalue weighted by molar-refractivity contribution is 0.152. The van der Waals surface area contributed by atoms with Crippen LogP contribution in [0.15, 0.2) is 18.6 Å². The fourth-order valence-electron chi connectivity index (χ4n) is 2.17. The van der Waals surface area contributed by atoms with Crippen molar-refractivity contribution in [3.05, 3.63) is 18.6 Å². The Kier molecular flexibility index (Phi) is 2.93. The summed E-state index contributed by atoms with van der Waals surface area (Å²) in [7, 11) is 0. The summed E-state index contributed by atoms with van der Waals surface area (Å²) in [5, 5.41) is 10.5. The highest BCUT2D eigenvalue weighted by Gasteiger charge is 2.17. The molecule has 3 heterocycles. The van der Waals surface area contributed by atoms with E-state index in [4.69, 9.17) is 4.74 Å². The maximum atomic E-state index is 9.90. The molecule has 6 nitrogen and oxygen atoms in total. The van der Waals surface area contributed by atoms with E-state index in [1.807, 2.05) is 0 Å². The fourth-order valence-corrected chi connectivity index (χ4v) is 2.17. The number of pyridine rings is 1. The first kappa shape index (κ1) is 11.2. The number of aromatic nitrogens is 3. The van der Waals surface area contributed by atoms with Crippen LogP contribution in [0.4, 0.5) is 5.82 Å². The topological polar surface area (TPSA) is 71.4 Å². The van der Waals surface area contributed by atoms with Crippen molar-refractivity contribution in [1.29, 1.82) is 0 Å². The van der Waals surface area contributed by atoms with Crippen molar-refractivity contribution in [3.63, 3.8) is 0 Å². The zero-order chi connectivity index (χ0) is 12.4. The highest BCUT2D eigenvalue weighted by molar-refractivity contribution is 5.93. The van der Waals surface area contributed by atoms with Gasteiger partial charge >= 0.3 is 0 Å². The summed E-state index contributed by atoms with van der Waals surface area (Å²) in [4.78, 5) is 14.5. The van der Waals surface area contributed by atoms with Crippen molar-refractivity contribution >= 4 is 16.7 Å². The molecular formula is C12H14N4O2. The number of aromatic hydroxyl groups is 1. The minimum atomic E-state index is -0.0201. The molecule has 2 aromatic rings. The van der Waals surface area contributed by atoms with Gasteiger partial charge in [0, 0.05) is 25.9 Å². The summed E-state index contributed by atoms with van der Waals surface area (Å²) < 4.78 is 5.43. The van der Waals surface area contributed by atoms with Gasteiger partial charge < -0.3 is 14.7 Å². The quantitative estimate of drug-likeness (QED) is 0.808. The first-order chi connectivity index (χ1) is 8.86. The van der Waals surface area contributed by atoms with Crippen molar-refractivity contribution in [2.75, 3.05) is 31.2 Å². The van der Waals surface area contributed by atoms with Crippen molar-refractivity contribution in [1.82, 2.24) is 15.0 Å². The highest BCUT2D eigenvalue weighted by Crippen LogP contribution is 2.29. The third kappa shape index (κ3) is 1.95. The van der Waals surface area contributed by atoms with Crippen LogP contribution >= 0.6 is 0 Å². The normalized spacial score (nSPS) is 16.8. The molecule has 0 aliphatic carbocycles. The van der Waals surface area contributed by atoms with E-state index in [-0.39, 0.29) is 5.88 Å². The molecule has 0 atom stereocenters. The Hall–Kier alpha value is -1.95. The number of anilines is 1. The van der Waals surface area contributed by atoms with Gasteiger partial charge in [-0.1, -0.05) is 0 Å². The van der Waals surface area contributed by atoms with E-state index >= 15 is 0 Å². The van der Waals surface area contributed by atoms with Crippen LogP contribution in [-0.2, 0) is 4.74 Å². The summed E-state index contributed by atoms with van der Waals surface area (Å²) in [5.41, 5.74) is 0.706. The van der Waals surface area contributed by atoms with Crippen molar-refractivity contribution in [2.45, 2.75) is 6.42 Å². The van der Waals surface area contributed by atoms with Crippen molar-refractivity contribution < 1.29 is 9.84 Å². The fraction of sp³-hybridized carbons (Fsp3) is 0.417. The maximum Gasteiger partial charge on any atom is 0.224 e. The third-order valence-corrected chi connectivity index (χ3v) is 3.03. The van der Waals surface area contributed by atoms with Gasteiger partial charge in [-0.3, -0.25) is 0 Å². The lowest BCUT2D eigenvalue weighted by atomic mass is 10.2. The summed E-state index contributed by atoms with van der Waals surface area (Å²) in [5.74, 6) is 0.712. The summed E-state index contributed by atoms with van der Waals surface area (Å²) in [6.07, 6.45) is 4.01. The molecule has 18 heavy (non-hydrogen) atoms. The zero-order valence-electron chi connectivity index (χ0n) is 9.91. The SMILES string of the molecule is Oc1nccc2ncnc(N3CCCOCC3)c12. The molecule has 0 bridgehead atoms. The van der Waals surface area contributed by atoms with Crippen LogP contribution in [0.2, 0.25) is 0 Å². The molecule has 3 rings (SSSR count). The van der Waals surface area contributed by atoms with E-state index in [9.17, 15) is 5.11 Å². The molecule has 6 heteroatoms. The first-order valence-corrected chi connectivity index (χ1v) is 5.97. The van der Waals surface area contributed by atoms with E-state index in [1.54, 1.807) is 12.3 Å². The summed E-state index contributed by atoms with van der Waals surface area (Å²) >= 11 is 0. The van der Waals surface area contributed by atoms with Gasteiger partial charge in [0.15, 0.2) is 0 Å². The van der Waals surface area contributed by atoms with Crippen LogP contribution in [0, 0.1) is 0 Å². The van der Waals surface area contributed by atoms with Crippen LogP contribution < -0.4 is 4.90 Å². The molecular weight excluding hydrogens is 232 g/mol. The Morgan fingerprint density at radius 1 is 1.17 bits per heavy atom. The summed E-state index contributed by atoms with van der Waals surface area (Å²) in [6, 6.07) is 1.77. The van der Waals surface area contributed by atoms with E-state index in [2.05, 4.69) is 19.9 Å². The van der Waals surface area contributed by atoms with E-state index in [0.717, 1.165) is 31.9 Å². The van der Waals surface area contributed by atoms with Gasteiger partial charge in [-0.15, -0.1) is 0 Å². The Labute approximate surface area is 104 Å². The molecule has 0 amide bonds. The van der Waals surface area contributed by atoms with Gasteiger partial charge in [0.25, 0.3) is 0 Å². The molecule has 1 fully saturated rings. The average Bonchev–Trinajstić information content (AvgIpc) is 2.67. The van der Waals surface area contributed by atoms with Crippen LogP contribution in [0.3, 0.4) is 0 Å². The number of hydrogen-bond acceptors (Lipinski definition) is 6. The minimum absolute atomic E-state index is 0.0201. The molecule has 1 aliphatic rings. The third-order valence-electron chi connectivity index (χ3n) is 3.03. The number of nitrogens with zero attached hydrogens (tertiary/aromatic N) is 4. The first-order valence-electron chi connectivity index (χ1n) is 5.97. The molecule has 0 unspecified atom stereocenters. The number of fused-ring (bicyclic) bond motifs is 1. The van der Waals surface area contributed by atoms with Gasteiger partial charge in [-0.05, 0) is 12.5 Å². The standard InChI is InChI=1S/C12H14N4O2/c17-12-10-9(2-3-13-12)14-8-15-11(10)16-4-1-6-18-7-5-16/h2-3,8H,1,4-7H2,(H,13,17). The molecule has 0 spiro atoms. The monoisotopic (exact) mass is 246 g/mol. The number of ether oxygens (including phenoxy) is 1. The Bertz CT molecular complexity index is 548. The second-order valence-corrected chi connectivity index (χ2v) is 4.18. The maximum absolute atomic E-state index is 9.90. The van der Waals surface area contributed by atoms with E-state index < -0.39 is 0 Å². The molecule has 1 saturated heterocycles. The molecule has 0 radical (unpaired) electrons. The highest BCUT2D eigenvalue weighted by atomic mass is 16.5. The van der Waals surface area contributed by atoms with Crippen LogP contribution in [0.25, 0.3) is 10.9 Å². The number of hydrogen-bond donors (Lipinski definition) is 1. The van der Waals surface area contributed by atoms with Crippen molar-refractivity contribution in [2.24, 2.45) is 0 Å². The van der Waals surface area contributed by atoms with E-state index in [1.165, 1.54) is 6.33 Å². The van der Waals surface area contributed by atoms with Crippen LogP contribution in [-0.4, -0.2) is 46.4 Å². The largest absolute Gasteiger partial charge is 0.493 e. The molecule has 1 aliphatic heterocycles. The van der Waals surface area contributed by atoms with E-state index in [0.29, 0.717) is 17.5 Å². The van der Waals surface area contributed by atoms with Gasteiger partial charge in [0.2, 0.25) is 5.88 Å². The Balaban J connectivity index is 2.10. The zero-order valence-corrected chi connectivity index (χ0v) is 9.91. The van der Waals surface area contributed by atoms with Crippen LogP contribution in [0.1, 0.15) is 6.42 Å². The lowest BCUT2D eigenvalue weighted by Gasteiger charge is -2.21. The predicted octanol–water partition coefficient (Wildman–Crippen LogP) is 0.957. The lowest BCUT2D eigenvalue weighted by Crippen LogP contribution is -2.27. The molecule has 0 saturated carbocycles. The molecule has 1 N–H and O–H groups in total. The Morgan fingerprint density at radius 3 is 3.06 bits per heavy atom. The average molecular weight is 246 g/mol. The van der Waals surface area contributed by atoms with Gasteiger partial charge in [-0.25, -0.2) is 15.0 Å². The van der Waals surface area contributed by atoms with Gasteiger partial charge in [0.05, 0.1) is 12.1 Å². The predicted molar refractivity (Wildman–Crippen MR) is 66.6 cm³/mol. The van der Waals surface area contributed by atoms with Crippen LogP contribution in [0.5, 0.6) is 5.88 Å². The second kappa shape index (κ2) is 4.73. The Morgan fingerprint density at radius 2 is 2.11 bits per heavy atom. The molecule has 0 aromatic carbocycles. The minimum Gasteiger partial charge on any atom is -0.493 e. The number of rotatable bonds is 1.